The lowest BCUT2D eigenvalue weighted by Crippen LogP contribution is -2.32. The van der Waals surface area contributed by atoms with Crippen molar-refractivity contribution in [3.05, 3.63) is 16.3 Å². The van der Waals surface area contributed by atoms with Crippen molar-refractivity contribution >= 4 is 21.4 Å². The van der Waals surface area contributed by atoms with E-state index in [2.05, 4.69) is 4.72 Å². The Labute approximate surface area is 99.4 Å². The minimum Gasteiger partial charge on any atom is -0.391 e. The molecule has 0 spiro atoms. The fourth-order valence-corrected chi connectivity index (χ4v) is 4.61. The molecule has 4 nitrogen and oxygen atoms in total. The molecule has 0 bridgehead atoms. The average Bonchev–Trinajstić information content (AvgIpc) is 2.85. The van der Waals surface area contributed by atoms with Crippen LogP contribution in [0.25, 0.3) is 0 Å². The first-order valence-corrected chi connectivity index (χ1v) is 7.69. The van der Waals surface area contributed by atoms with Gasteiger partial charge in [-0.2, -0.15) is 0 Å². The lowest BCUT2D eigenvalue weighted by molar-refractivity contribution is 0.282. The summed E-state index contributed by atoms with van der Waals surface area (Å²) in [5, 5.41) is 10.7. The quantitative estimate of drug-likeness (QED) is 0.862. The number of aliphatic hydroxyl groups is 1. The molecule has 0 aromatic carbocycles. The smallest absolute Gasteiger partial charge is 0.242 e. The van der Waals surface area contributed by atoms with Gasteiger partial charge in [-0.15, -0.1) is 11.3 Å². The summed E-state index contributed by atoms with van der Waals surface area (Å²) >= 11 is 1.27. The highest BCUT2D eigenvalue weighted by Crippen LogP contribution is 2.24. The Morgan fingerprint density at radius 3 is 2.75 bits per heavy atom. The van der Waals surface area contributed by atoms with E-state index in [-0.39, 0.29) is 17.5 Å². The summed E-state index contributed by atoms with van der Waals surface area (Å²) in [6, 6.07) is 1.62. The molecule has 0 amide bonds. The van der Waals surface area contributed by atoms with Crippen molar-refractivity contribution in [2.75, 3.05) is 0 Å². The second kappa shape index (κ2) is 4.83. The van der Waals surface area contributed by atoms with Crippen LogP contribution >= 0.6 is 11.3 Å². The number of nitrogens with one attached hydrogen (secondary N) is 1. The molecular formula is C10H15NO3S2. The Hall–Kier alpha value is -0.430. The maximum absolute atomic E-state index is 12.0. The van der Waals surface area contributed by atoms with E-state index in [1.807, 2.05) is 0 Å². The fraction of sp³-hybridized carbons (Fsp3) is 0.600. The minimum absolute atomic E-state index is 0.0662. The van der Waals surface area contributed by atoms with E-state index < -0.39 is 10.0 Å². The molecule has 0 atom stereocenters. The van der Waals surface area contributed by atoms with Gasteiger partial charge in [-0.1, -0.05) is 12.8 Å². The predicted octanol–water partition coefficient (Wildman–Crippen LogP) is 1.46. The minimum atomic E-state index is -3.44. The molecule has 1 aromatic rings. The van der Waals surface area contributed by atoms with Crippen LogP contribution in [0.3, 0.4) is 0 Å². The van der Waals surface area contributed by atoms with E-state index in [1.165, 1.54) is 11.3 Å². The zero-order chi connectivity index (χ0) is 11.6. The Morgan fingerprint density at radius 1 is 1.44 bits per heavy atom. The number of sulfonamides is 1. The molecule has 90 valence electrons. The van der Waals surface area contributed by atoms with Crippen LogP contribution in [0.4, 0.5) is 0 Å². The molecule has 1 aromatic heterocycles. The summed E-state index contributed by atoms with van der Waals surface area (Å²) in [6.07, 6.45) is 4.00. The molecule has 0 unspecified atom stereocenters. The number of aliphatic hydroxyl groups excluding tert-OH is 1. The van der Waals surface area contributed by atoms with E-state index in [0.29, 0.717) is 4.88 Å². The molecule has 6 heteroatoms. The summed E-state index contributed by atoms with van der Waals surface area (Å²) in [5.41, 5.74) is 0. The third kappa shape index (κ3) is 2.45. The Balaban J connectivity index is 2.18. The number of hydrogen-bond acceptors (Lipinski definition) is 4. The number of rotatable bonds is 4. The van der Waals surface area contributed by atoms with Gasteiger partial charge >= 0.3 is 0 Å². The Kier molecular flexibility index (Phi) is 3.63. The van der Waals surface area contributed by atoms with Crippen LogP contribution in [-0.4, -0.2) is 19.6 Å². The molecular weight excluding hydrogens is 246 g/mol. The highest BCUT2D eigenvalue weighted by Gasteiger charge is 2.25. The molecule has 0 aliphatic heterocycles. The zero-order valence-corrected chi connectivity index (χ0v) is 10.5. The molecule has 1 aliphatic rings. The molecule has 1 heterocycles. The lowest BCUT2D eigenvalue weighted by atomic mass is 10.3. The van der Waals surface area contributed by atoms with Crippen LogP contribution in [0.5, 0.6) is 0 Å². The van der Waals surface area contributed by atoms with Crippen molar-refractivity contribution in [1.82, 2.24) is 4.72 Å². The normalized spacial score (nSPS) is 18.1. The summed E-state index contributed by atoms with van der Waals surface area (Å²) in [5.74, 6) is 0. The van der Waals surface area contributed by atoms with Crippen LogP contribution < -0.4 is 4.72 Å². The molecule has 2 N–H and O–H groups in total. The van der Waals surface area contributed by atoms with E-state index >= 15 is 0 Å². The van der Waals surface area contributed by atoms with Crippen LogP contribution in [-0.2, 0) is 16.6 Å². The first-order valence-electron chi connectivity index (χ1n) is 5.33. The van der Waals surface area contributed by atoms with Gasteiger partial charge in [0.05, 0.1) is 11.5 Å². The summed E-state index contributed by atoms with van der Waals surface area (Å²) < 4.78 is 26.7. The van der Waals surface area contributed by atoms with E-state index in [9.17, 15) is 8.42 Å². The fourth-order valence-electron chi connectivity index (χ4n) is 2.01. The van der Waals surface area contributed by atoms with Gasteiger partial charge in [-0.25, -0.2) is 13.1 Å². The maximum Gasteiger partial charge on any atom is 0.242 e. The van der Waals surface area contributed by atoms with Gasteiger partial charge in [0.2, 0.25) is 10.0 Å². The lowest BCUT2D eigenvalue weighted by Gasteiger charge is -2.12. The first-order chi connectivity index (χ1) is 7.63. The summed E-state index contributed by atoms with van der Waals surface area (Å²) in [4.78, 5) is 0.734. The second-order valence-electron chi connectivity index (χ2n) is 3.97. The third-order valence-electron chi connectivity index (χ3n) is 2.81. The van der Waals surface area contributed by atoms with Crippen molar-refractivity contribution in [2.24, 2.45) is 0 Å². The third-order valence-corrected chi connectivity index (χ3v) is 5.45. The van der Waals surface area contributed by atoms with Crippen molar-refractivity contribution in [1.29, 1.82) is 0 Å². The maximum atomic E-state index is 12.0. The number of thiophene rings is 1. The Bertz CT molecular complexity index is 446. The molecule has 1 saturated carbocycles. The molecule has 1 fully saturated rings. The standard InChI is InChI=1S/C10H15NO3S2/c12-7-9-10(5-6-15-9)16(13,14)11-8-3-1-2-4-8/h5-6,8,11-12H,1-4,7H2. The highest BCUT2D eigenvalue weighted by molar-refractivity contribution is 7.89. The zero-order valence-electron chi connectivity index (χ0n) is 8.85. The van der Waals surface area contributed by atoms with Crippen molar-refractivity contribution in [3.63, 3.8) is 0 Å². The number of hydrogen-bond donors (Lipinski definition) is 2. The van der Waals surface area contributed by atoms with Crippen molar-refractivity contribution < 1.29 is 13.5 Å². The van der Waals surface area contributed by atoms with Gasteiger partial charge in [0.15, 0.2) is 0 Å². The Morgan fingerprint density at radius 2 is 2.12 bits per heavy atom. The average molecular weight is 261 g/mol. The molecule has 0 saturated heterocycles. The largest absolute Gasteiger partial charge is 0.391 e. The highest BCUT2D eigenvalue weighted by atomic mass is 32.2. The van der Waals surface area contributed by atoms with E-state index in [0.717, 1.165) is 25.7 Å². The SMILES string of the molecule is O=S(=O)(NC1CCCC1)c1ccsc1CO. The van der Waals surface area contributed by atoms with Crippen LogP contribution in [0.15, 0.2) is 16.3 Å². The summed E-state index contributed by atoms with van der Waals surface area (Å²) in [6.45, 7) is -0.224. The van der Waals surface area contributed by atoms with E-state index in [4.69, 9.17) is 5.11 Å². The van der Waals surface area contributed by atoms with Crippen LogP contribution in [0.1, 0.15) is 30.6 Å². The van der Waals surface area contributed by atoms with E-state index in [1.54, 1.807) is 11.4 Å². The second-order valence-corrected chi connectivity index (χ2v) is 6.65. The van der Waals surface area contributed by atoms with Crippen molar-refractivity contribution in [2.45, 2.75) is 43.2 Å². The van der Waals surface area contributed by atoms with Crippen molar-refractivity contribution in [3.8, 4) is 0 Å². The van der Waals surface area contributed by atoms with Gasteiger partial charge in [-0.05, 0) is 24.3 Å². The first kappa shape index (κ1) is 12.0. The molecule has 0 radical (unpaired) electrons. The van der Waals surface area contributed by atoms with Gasteiger partial charge < -0.3 is 5.11 Å². The summed E-state index contributed by atoms with van der Waals surface area (Å²) in [7, 11) is -3.44. The predicted molar refractivity (Wildman–Crippen MR) is 62.8 cm³/mol. The van der Waals surface area contributed by atoms with Gasteiger partial charge in [0, 0.05) is 10.9 Å². The van der Waals surface area contributed by atoms with Gasteiger partial charge in [0.1, 0.15) is 0 Å². The monoisotopic (exact) mass is 261 g/mol. The van der Waals surface area contributed by atoms with Crippen LogP contribution in [0.2, 0.25) is 0 Å². The topological polar surface area (TPSA) is 66.4 Å². The molecule has 1 aliphatic carbocycles. The van der Waals surface area contributed by atoms with Crippen LogP contribution in [0, 0.1) is 0 Å². The van der Waals surface area contributed by atoms with Gasteiger partial charge in [-0.3, -0.25) is 0 Å². The molecule has 16 heavy (non-hydrogen) atoms. The van der Waals surface area contributed by atoms with Gasteiger partial charge in [0.25, 0.3) is 0 Å². The molecule has 2 rings (SSSR count).